The van der Waals surface area contributed by atoms with Crippen LogP contribution in [0.25, 0.3) is 0 Å². The number of carbonyl (C=O) groups excluding carboxylic acids is 1. The lowest BCUT2D eigenvalue weighted by molar-refractivity contribution is -0.123. The fraction of sp³-hybridized carbons (Fsp3) is 0.409. The van der Waals surface area contributed by atoms with Crippen LogP contribution in [-0.4, -0.2) is 40.6 Å². The third-order valence-corrected chi connectivity index (χ3v) is 5.89. The Hall–Kier alpha value is -2.65. The summed E-state index contributed by atoms with van der Waals surface area (Å²) < 4.78 is 51.8. The summed E-state index contributed by atoms with van der Waals surface area (Å²) >= 11 is 0. The first-order chi connectivity index (χ1) is 14.7. The molecule has 31 heavy (non-hydrogen) atoms. The molecule has 0 aromatic heterocycles. The van der Waals surface area contributed by atoms with Gasteiger partial charge in [0.25, 0.3) is 0 Å². The minimum Gasteiger partial charge on any atom is -0.497 e. The third-order valence-electron chi connectivity index (χ3n) is 4.41. The maximum Gasteiger partial charge on any atom is 0.241 e. The number of rotatable bonds is 12. The van der Waals surface area contributed by atoms with E-state index in [0.29, 0.717) is 18.6 Å². The number of nitrogens with one attached hydrogen (secondary N) is 2. The van der Waals surface area contributed by atoms with Gasteiger partial charge >= 0.3 is 0 Å². The van der Waals surface area contributed by atoms with Gasteiger partial charge in [-0.3, -0.25) is 4.79 Å². The van der Waals surface area contributed by atoms with Crippen LogP contribution in [0.5, 0.6) is 11.5 Å². The Morgan fingerprint density at radius 1 is 1.10 bits per heavy atom. The molecular weight excluding hydrogens is 423 g/mol. The fourth-order valence-corrected chi connectivity index (χ4v) is 4.05. The van der Waals surface area contributed by atoms with Gasteiger partial charge in [0, 0.05) is 6.54 Å². The van der Waals surface area contributed by atoms with Gasteiger partial charge in [0.1, 0.15) is 11.8 Å². The summed E-state index contributed by atoms with van der Waals surface area (Å²) in [5.41, 5.74) is 0. The topological polar surface area (TPSA) is 93.7 Å². The molecule has 1 unspecified atom stereocenters. The van der Waals surface area contributed by atoms with Crippen molar-refractivity contribution < 1.29 is 27.1 Å². The van der Waals surface area contributed by atoms with Gasteiger partial charge in [-0.1, -0.05) is 26.0 Å². The van der Waals surface area contributed by atoms with Crippen LogP contribution >= 0.6 is 0 Å². The first-order valence-corrected chi connectivity index (χ1v) is 11.5. The van der Waals surface area contributed by atoms with Crippen molar-refractivity contribution in [2.75, 3.05) is 20.3 Å². The summed E-state index contributed by atoms with van der Waals surface area (Å²) in [7, 11) is -2.39. The van der Waals surface area contributed by atoms with E-state index in [0.717, 1.165) is 0 Å². The molecule has 2 aromatic rings. The maximum absolute atomic E-state index is 13.5. The Morgan fingerprint density at radius 2 is 1.77 bits per heavy atom. The molecule has 2 aromatic carbocycles. The van der Waals surface area contributed by atoms with Gasteiger partial charge in [-0.25, -0.2) is 12.8 Å². The predicted molar refractivity (Wildman–Crippen MR) is 116 cm³/mol. The molecule has 1 atom stereocenters. The minimum absolute atomic E-state index is 0.0492. The molecule has 0 aliphatic carbocycles. The summed E-state index contributed by atoms with van der Waals surface area (Å²) in [5, 5.41) is 2.72. The number of methoxy groups -OCH3 is 1. The van der Waals surface area contributed by atoms with Gasteiger partial charge in [-0.05, 0) is 55.2 Å². The molecule has 0 heterocycles. The molecule has 0 saturated carbocycles. The van der Waals surface area contributed by atoms with Crippen molar-refractivity contribution in [1.29, 1.82) is 0 Å². The summed E-state index contributed by atoms with van der Waals surface area (Å²) in [4.78, 5) is 12.7. The molecule has 2 rings (SSSR count). The summed E-state index contributed by atoms with van der Waals surface area (Å²) in [6.07, 6.45) is 0.784. The van der Waals surface area contributed by atoms with Crippen LogP contribution in [0.4, 0.5) is 4.39 Å². The van der Waals surface area contributed by atoms with Gasteiger partial charge in [-0.2, -0.15) is 4.72 Å². The zero-order chi connectivity index (χ0) is 22.9. The summed E-state index contributed by atoms with van der Waals surface area (Å²) in [6, 6.07) is 11.1. The molecule has 0 spiro atoms. The van der Waals surface area contributed by atoms with Crippen molar-refractivity contribution in [1.82, 2.24) is 10.0 Å². The van der Waals surface area contributed by atoms with E-state index in [1.165, 1.54) is 31.4 Å². The molecule has 0 saturated heterocycles. The number of sulfonamides is 1. The van der Waals surface area contributed by atoms with E-state index >= 15 is 0 Å². The van der Waals surface area contributed by atoms with Crippen LogP contribution in [0.3, 0.4) is 0 Å². The fourth-order valence-electron chi connectivity index (χ4n) is 2.84. The lowest BCUT2D eigenvalue weighted by Crippen LogP contribution is -2.47. The smallest absolute Gasteiger partial charge is 0.241 e. The van der Waals surface area contributed by atoms with Crippen molar-refractivity contribution in [3.8, 4) is 11.5 Å². The molecule has 0 aliphatic heterocycles. The standard InChI is InChI=1S/C22H29FN2O5S/c1-16(2)15-20(25-31(27,28)18-11-9-17(29-3)10-12-18)22(26)24-13-6-14-30-21-8-5-4-7-19(21)23/h4-5,7-12,16,20,25H,6,13-15H2,1-3H3,(H,24,26). The highest BCUT2D eigenvalue weighted by molar-refractivity contribution is 7.89. The van der Waals surface area contributed by atoms with Crippen molar-refractivity contribution in [2.24, 2.45) is 5.92 Å². The summed E-state index contributed by atoms with van der Waals surface area (Å²) in [6.45, 7) is 4.30. The average molecular weight is 453 g/mol. The Morgan fingerprint density at radius 3 is 2.39 bits per heavy atom. The highest BCUT2D eigenvalue weighted by Crippen LogP contribution is 2.17. The number of para-hydroxylation sites is 1. The van der Waals surface area contributed by atoms with E-state index < -0.39 is 27.8 Å². The third kappa shape index (κ3) is 7.84. The van der Waals surface area contributed by atoms with Crippen molar-refractivity contribution in [2.45, 2.75) is 37.6 Å². The van der Waals surface area contributed by atoms with Gasteiger partial charge < -0.3 is 14.8 Å². The maximum atomic E-state index is 13.5. The van der Waals surface area contributed by atoms with Gasteiger partial charge in [-0.15, -0.1) is 0 Å². The Balaban J connectivity index is 1.91. The first kappa shape index (κ1) is 24.6. The number of hydrogen-bond donors (Lipinski definition) is 2. The number of halogens is 1. The number of hydrogen-bond acceptors (Lipinski definition) is 5. The van der Waals surface area contributed by atoms with Crippen LogP contribution in [0.2, 0.25) is 0 Å². The second-order valence-electron chi connectivity index (χ2n) is 7.40. The molecule has 0 aliphatic rings. The minimum atomic E-state index is -3.88. The van der Waals surface area contributed by atoms with Crippen LogP contribution in [0.1, 0.15) is 26.7 Å². The molecule has 0 radical (unpaired) electrons. The second-order valence-corrected chi connectivity index (χ2v) is 9.12. The van der Waals surface area contributed by atoms with Gasteiger partial charge in [0.15, 0.2) is 11.6 Å². The van der Waals surface area contributed by atoms with E-state index in [1.54, 1.807) is 24.3 Å². The molecular formula is C22H29FN2O5S. The highest BCUT2D eigenvalue weighted by atomic mass is 32.2. The zero-order valence-electron chi connectivity index (χ0n) is 17.9. The largest absolute Gasteiger partial charge is 0.497 e. The summed E-state index contributed by atoms with van der Waals surface area (Å²) in [5.74, 6) is -0.0846. The van der Waals surface area contributed by atoms with Crippen molar-refractivity contribution in [3.63, 3.8) is 0 Å². The molecule has 0 bridgehead atoms. The van der Waals surface area contributed by atoms with Crippen LogP contribution in [-0.2, 0) is 14.8 Å². The predicted octanol–water partition coefficient (Wildman–Crippen LogP) is 3.11. The Bertz CT molecular complexity index is 949. The Labute approximate surface area is 183 Å². The Kier molecular flexibility index (Phi) is 9.26. The number of carbonyl (C=O) groups is 1. The van der Waals surface area contributed by atoms with E-state index in [4.69, 9.17) is 9.47 Å². The molecule has 1 amide bonds. The van der Waals surface area contributed by atoms with E-state index in [-0.39, 0.29) is 29.7 Å². The second kappa shape index (κ2) is 11.7. The highest BCUT2D eigenvalue weighted by Gasteiger charge is 2.26. The lowest BCUT2D eigenvalue weighted by Gasteiger charge is -2.20. The first-order valence-electron chi connectivity index (χ1n) is 10.0. The average Bonchev–Trinajstić information content (AvgIpc) is 2.73. The number of amides is 1. The molecule has 7 nitrogen and oxygen atoms in total. The van der Waals surface area contributed by atoms with Crippen molar-refractivity contribution in [3.05, 3.63) is 54.3 Å². The number of benzene rings is 2. The van der Waals surface area contributed by atoms with E-state index in [2.05, 4.69) is 10.0 Å². The molecule has 9 heteroatoms. The van der Waals surface area contributed by atoms with Crippen molar-refractivity contribution >= 4 is 15.9 Å². The monoisotopic (exact) mass is 452 g/mol. The SMILES string of the molecule is COc1ccc(S(=O)(=O)NC(CC(C)C)C(=O)NCCCOc2ccccc2F)cc1. The quantitative estimate of drug-likeness (QED) is 0.483. The normalized spacial score (nSPS) is 12.4. The van der Waals surface area contributed by atoms with Crippen LogP contribution in [0.15, 0.2) is 53.4 Å². The zero-order valence-corrected chi connectivity index (χ0v) is 18.7. The molecule has 170 valence electrons. The lowest BCUT2D eigenvalue weighted by atomic mass is 10.0. The van der Waals surface area contributed by atoms with Gasteiger partial charge in [0.2, 0.25) is 15.9 Å². The van der Waals surface area contributed by atoms with E-state index in [9.17, 15) is 17.6 Å². The number of ether oxygens (including phenoxy) is 2. The molecule has 0 fully saturated rings. The van der Waals surface area contributed by atoms with E-state index in [1.807, 2.05) is 13.8 Å². The van der Waals surface area contributed by atoms with Crippen LogP contribution in [0, 0.1) is 11.7 Å². The van der Waals surface area contributed by atoms with Gasteiger partial charge in [0.05, 0.1) is 18.6 Å². The van der Waals surface area contributed by atoms with Crippen LogP contribution < -0.4 is 19.5 Å². The molecule has 2 N–H and O–H groups in total.